The summed E-state index contributed by atoms with van der Waals surface area (Å²) in [5.74, 6) is 2.81. The molecule has 0 radical (unpaired) electrons. The molecule has 2 saturated carbocycles. The number of hydrogen-bond donors (Lipinski definition) is 1. The average molecular weight is 264 g/mol. The molecule has 2 aliphatic carbocycles. The van der Waals surface area contributed by atoms with Crippen LogP contribution in [0.2, 0.25) is 0 Å². The van der Waals surface area contributed by atoms with Gasteiger partial charge >= 0.3 is 0 Å². The SMILES string of the molecule is CC1CCCC(C(CN)N2CCCC3CCCC32)C1. The molecule has 0 spiro atoms. The highest BCUT2D eigenvalue weighted by atomic mass is 15.2. The molecule has 5 atom stereocenters. The van der Waals surface area contributed by atoms with E-state index in [1.165, 1.54) is 64.3 Å². The number of rotatable bonds is 3. The Hall–Kier alpha value is -0.0800. The Bertz CT molecular complexity index is 291. The third-order valence-electron chi connectivity index (χ3n) is 6.22. The lowest BCUT2D eigenvalue weighted by Crippen LogP contribution is -2.54. The van der Waals surface area contributed by atoms with E-state index < -0.39 is 0 Å². The summed E-state index contributed by atoms with van der Waals surface area (Å²) in [6.45, 7) is 4.66. The number of nitrogens with zero attached hydrogens (tertiary/aromatic N) is 1. The Labute approximate surface area is 119 Å². The lowest BCUT2D eigenvalue weighted by Gasteiger charge is -2.46. The second kappa shape index (κ2) is 6.13. The first-order valence-electron chi connectivity index (χ1n) is 8.75. The molecule has 0 aromatic carbocycles. The zero-order chi connectivity index (χ0) is 13.2. The maximum absolute atomic E-state index is 6.22. The van der Waals surface area contributed by atoms with Crippen LogP contribution in [0.25, 0.3) is 0 Å². The number of hydrogen-bond acceptors (Lipinski definition) is 2. The van der Waals surface area contributed by atoms with Crippen molar-refractivity contribution in [2.75, 3.05) is 13.1 Å². The molecule has 2 heteroatoms. The van der Waals surface area contributed by atoms with E-state index in [0.717, 1.165) is 30.3 Å². The van der Waals surface area contributed by atoms with Gasteiger partial charge in [0.25, 0.3) is 0 Å². The van der Waals surface area contributed by atoms with Gasteiger partial charge in [-0.15, -0.1) is 0 Å². The molecule has 3 fully saturated rings. The largest absolute Gasteiger partial charge is 0.329 e. The highest BCUT2D eigenvalue weighted by molar-refractivity contribution is 4.95. The summed E-state index contributed by atoms with van der Waals surface area (Å²) in [4.78, 5) is 2.86. The van der Waals surface area contributed by atoms with Gasteiger partial charge in [-0.3, -0.25) is 4.90 Å². The van der Waals surface area contributed by atoms with Crippen LogP contribution in [0.15, 0.2) is 0 Å². The van der Waals surface area contributed by atoms with E-state index in [1.54, 1.807) is 0 Å². The number of fused-ring (bicyclic) bond motifs is 1. The van der Waals surface area contributed by atoms with Crippen LogP contribution in [0.4, 0.5) is 0 Å². The molecule has 0 aromatic heterocycles. The first kappa shape index (κ1) is 13.9. The number of likely N-dealkylation sites (tertiary alicyclic amines) is 1. The molecule has 0 amide bonds. The van der Waals surface area contributed by atoms with Gasteiger partial charge in [0.1, 0.15) is 0 Å². The summed E-state index contributed by atoms with van der Waals surface area (Å²) in [5, 5.41) is 0. The molecule has 1 aliphatic heterocycles. The zero-order valence-corrected chi connectivity index (χ0v) is 12.7. The number of piperidine rings is 1. The van der Waals surface area contributed by atoms with Crippen molar-refractivity contribution in [3.05, 3.63) is 0 Å². The van der Waals surface area contributed by atoms with E-state index in [1.807, 2.05) is 0 Å². The second-order valence-corrected chi connectivity index (χ2v) is 7.47. The minimum atomic E-state index is 0.689. The van der Waals surface area contributed by atoms with E-state index in [0.29, 0.717) is 6.04 Å². The summed E-state index contributed by atoms with van der Waals surface area (Å²) in [6.07, 6.45) is 13.0. The van der Waals surface area contributed by atoms with Crippen molar-refractivity contribution < 1.29 is 0 Å². The predicted molar refractivity (Wildman–Crippen MR) is 81.0 cm³/mol. The molecule has 0 bridgehead atoms. The quantitative estimate of drug-likeness (QED) is 0.846. The highest BCUT2D eigenvalue weighted by Gasteiger charge is 2.40. The molecule has 3 rings (SSSR count). The monoisotopic (exact) mass is 264 g/mol. The molecule has 110 valence electrons. The van der Waals surface area contributed by atoms with Crippen molar-refractivity contribution in [1.29, 1.82) is 0 Å². The molecular weight excluding hydrogens is 232 g/mol. The smallest absolute Gasteiger partial charge is 0.0249 e. The van der Waals surface area contributed by atoms with Crippen LogP contribution in [0, 0.1) is 17.8 Å². The van der Waals surface area contributed by atoms with Crippen LogP contribution in [0.3, 0.4) is 0 Å². The normalized spacial score (nSPS) is 42.0. The van der Waals surface area contributed by atoms with Crippen molar-refractivity contribution in [2.45, 2.75) is 76.8 Å². The van der Waals surface area contributed by atoms with Gasteiger partial charge in [-0.2, -0.15) is 0 Å². The van der Waals surface area contributed by atoms with Gasteiger partial charge in [0, 0.05) is 18.6 Å². The van der Waals surface area contributed by atoms with Gasteiger partial charge < -0.3 is 5.73 Å². The summed E-state index contributed by atoms with van der Waals surface area (Å²) in [5.41, 5.74) is 6.22. The summed E-state index contributed by atoms with van der Waals surface area (Å²) < 4.78 is 0. The summed E-state index contributed by atoms with van der Waals surface area (Å²) in [7, 11) is 0. The van der Waals surface area contributed by atoms with Crippen molar-refractivity contribution in [3.63, 3.8) is 0 Å². The lowest BCUT2D eigenvalue weighted by atomic mass is 9.77. The van der Waals surface area contributed by atoms with Gasteiger partial charge in [-0.25, -0.2) is 0 Å². The van der Waals surface area contributed by atoms with Crippen LogP contribution in [-0.2, 0) is 0 Å². The molecule has 5 unspecified atom stereocenters. The predicted octanol–water partition coefficient (Wildman–Crippen LogP) is 3.40. The molecule has 2 nitrogen and oxygen atoms in total. The lowest BCUT2D eigenvalue weighted by molar-refractivity contribution is 0.0276. The number of nitrogens with two attached hydrogens (primary N) is 1. The topological polar surface area (TPSA) is 29.3 Å². The molecule has 3 aliphatic rings. The second-order valence-electron chi connectivity index (χ2n) is 7.47. The van der Waals surface area contributed by atoms with Gasteiger partial charge in [0.15, 0.2) is 0 Å². The van der Waals surface area contributed by atoms with E-state index in [2.05, 4.69) is 11.8 Å². The van der Waals surface area contributed by atoms with Gasteiger partial charge in [0.2, 0.25) is 0 Å². The van der Waals surface area contributed by atoms with E-state index in [9.17, 15) is 0 Å². The van der Waals surface area contributed by atoms with Crippen LogP contribution in [0.1, 0.15) is 64.7 Å². The third kappa shape index (κ3) is 2.85. The maximum Gasteiger partial charge on any atom is 0.0249 e. The minimum absolute atomic E-state index is 0.689. The van der Waals surface area contributed by atoms with Crippen LogP contribution < -0.4 is 5.73 Å². The summed E-state index contributed by atoms with van der Waals surface area (Å²) in [6, 6.07) is 1.58. The van der Waals surface area contributed by atoms with E-state index >= 15 is 0 Å². The highest BCUT2D eigenvalue weighted by Crippen LogP contribution is 2.41. The van der Waals surface area contributed by atoms with Crippen molar-refractivity contribution in [1.82, 2.24) is 4.90 Å². The standard InChI is InChI=1S/C17H32N2/c1-13-5-2-7-15(11-13)17(12-18)19-10-4-8-14-6-3-9-16(14)19/h13-17H,2-12,18H2,1H3. The van der Waals surface area contributed by atoms with Crippen molar-refractivity contribution in [3.8, 4) is 0 Å². The molecule has 1 heterocycles. The Kier molecular flexibility index (Phi) is 4.48. The molecule has 19 heavy (non-hydrogen) atoms. The van der Waals surface area contributed by atoms with Gasteiger partial charge in [-0.1, -0.05) is 26.2 Å². The molecule has 2 N–H and O–H groups in total. The van der Waals surface area contributed by atoms with Gasteiger partial charge in [-0.05, 0) is 62.8 Å². The summed E-state index contributed by atoms with van der Waals surface area (Å²) >= 11 is 0. The zero-order valence-electron chi connectivity index (χ0n) is 12.7. The molecule has 0 aromatic rings. The van der Waals surface area contributed by atoms with Crippen molar-refractivity contribution >= 4 is 0 Å². The maximum atomic E-state index is 6.22. The Morgan fingerprint density at radius 1 is 1.05 bits per heavy atom. The van der Waals surface area contributed by atoms with E-state index in [4.69, 9.17) is 5.73 Å². The Morgan fingerprint density at radius 3 is 2.63 bits per heavy atom. The molecular formula is C17H32N2. The van der Waals surface area contributed by atoms with E-state index in [-0.39, 0.29) is 0 Å². The fourth-order valence-corrected chi connectivity index (χ4v) is 5.33. The fraction of sp³-hybridized carbons (Fsp3) is 1.00. The van der Waals surface area contributed by atoms with Crippen molar-refractivity contribution in [2.24, 2.45) is 23.5 Å². The van der Waals surface area contributed by atoms with Gasteiger partial charge in [0.05, 0.1) is 0 Å². The first-order chi connectivity index (χ1) is 9.29. The van der Waals surface area contributed by atoms with Crippen LogP contribution in [0.5, 0.6) is 0 Å². The first-order valence-corrected chi connectivity index (χ1v) is 8.75. The minimum Gasteiger partial charge on any atom is -0.329 e. The average Bonchev–Trinajstić information content (AvgIpc) is 2.89. The fourth-order valence-electron chi connectivity index (χ4n) is 5.33. The van der Waals surface area contributed by atoms with Crippen LogP contribution in [-0.4, -0.2) is 30.1 Å². The van der Waals surface area contributed by atoms with Crippen LogP contribution >= 0.6 is 0 Å². The third-order valence-corrected chi connectivity index (χ3v) is 6.22. The molecule has 1 saturated heterocycles. The Morgan fingerprint density at radius 2 is 1.84 bits per heavy atom. The Balaban J connectivity index is 1.69.